The SMILES string of the molecule is CC(=O)COC(=O)CCNS(=O)(=O)c1ccc(Cl)cc1. The molecule has 1 aromatic carbocycles. The minimum Gasteiger partial charge on any atom is -0.458 e. The molecule has 20 heavy (non-hydrogen) atoms. The molecule has 0 amide bonds. The van der Waals surface area contributed by atoms with Gasteiger partial charge < -0.3 is 4.74 Å². The Morgan fingerprint density at radius 3 is 2.40 bits per heavy atom. The van der Waals surface area contributed by atoms with Gasteiger partial charge in [0.25, 0.3) is 0 Å². The van der Waals surface area contributed by atoms with Crippen molar-refractivity contribution in [2.45, 2.75) is 18.2 Å². The summed E-state index contributed by atoms with van der Waals surface area (Å²) in [5, 5.41) is 0.428. The van der Waals surface area contributed by atoms with Crippen molar-refractivity contribution in [1.29, 1.82) is 0 Å². The maximum atomic E-state index is 11.8. The highest BCUT2D eigenvalue weighted by Crippen LogP contribution is 2.13. The van der Waals surface area contributed by atoms with Gasteiger partial charge >= 0.3 is 5.97 Å². The van der Waals surface area contributed by atoms with Gasteiger partial charge in [0.1, 0.15) is 6.61 Å². The van der Waals surface area contributed by atoms with Crippen molar-refractivity contribution in [3.05, 3.63) is 29.3 Å². The van der Waals surface area contributed by atoms with Crippen LogP contribution in [0.3, 0.4) is 0 Å². The summed E-state index contributed by atoms with van der Waals surface area (Å²) in [7, 11) is -3.69. The normalized spacial score (nSPS) is 11.1. The minimum absolute atomic E-state index is 0.0546. The van der Waals surface area contributed by atoms with Gasteiger partial charge in [-0.1, -0.05) is 11.6 Å². The Labute approximate surface area is 122 Å². The second-order valence-electron chi connectivity index (χ2n) is 3.96. The van der Waals surface area contributed by atoms with Crippen molar-refractivity contribution in [1.82, 2.24) is 4.72 Å². The van der Waals surface area contributed by atoms with Gasteiger partial charge in [-0.05, 0) is 31.2 Å². The number of carbonyl (C=O) groups excluding carboxylic acids is 2. The molecule has 0 aromatic heterocycles. The molecule has 8 heteroatoms. The number of rotatable bonds is 7. The number of hydrogen-bond acceptors (Lipinski definition) is 5. The van der Waals surface area contributed by atoms with Crippen LogP contribution in [-0.4, -0.2) is 33.3 Å². The van der Waals surface area contributed by atoms with E-state index in [1.807, 2.05) is 0 Å². The van der Waals surface area contributed by atoms with Crippen molar-refractivity contribution in [2.75, 3.05) is 13.2 Å². The summed E-state index contributed by atoms with van der Waals surface area (Å²) in [5.74, 6) is -0.917. The zero-order valence-electron chi connectivity index (χ0n) is 10.8. The van der Waals surface area contributed by atoms with Crippen molar-refractivity contribution in [2.24, 2.45) is 0 Å². The number of carbonyl (C=O) groups is 2. The number of halogens is 1. The zero-order chi connectivity index (χ0) is 15.2. The molecular formula is C12H14ClNO5S. The Morgan fingerprint density at radius 2 is 1.85 bits per heavy atom. The largest absolute Gasteiger partial charge is 0.458 e. The first-order valence-corrected chi connectivity index (χ1v) is 7.57. The molecule has 1 N–H and O–H groups in total. The molecule has 0 aliphatic rings. The molecule has 0 spiro atoms. The highest BCUT2D eigenvalue weighted by molar-refractivity contribution is 7.89. The van der Waals surface area contributed by atoms with Crippen LogP contribution in [0.1, 0.15) is 13.3 Å². The number of ether oxygens (including phenoxy) is 1. The first kappa shape index (κ1) is 16.6. The van der Waals surface area contributed by atoms with Crippen molar-refractivity contribution < 1.29 is 22.7 Å². The Morgan fingerprint density at radius 1 is 1.25 bits per heavy atom. The third-order valence-electron chi connectivity index (χ3n) is 2.18. The Bertz CT molecular complexity index is 582. The van der Waals surface area contributed by atoms with E-state index in [-0.39, 0.29) is 30.3 Å². The molecule has 0 heterocycles. The molecule has 1 rings (SSSR count). The van der Waals surface area contributed by atoms with E-state index in [1.165, 1.54) is 31.2 Å². The Hall–Kier alpha value is -1.44. The van der Waals surface area contributed by atoms with E-state index in [0.29, 0.717) is 5.02 Å². The van der Waals surface area contributed by atoms with Crippen LogP contribution in [0.4, 0.5) is 0 Å². The number of nitrogens with one attached hydrogen (secondary N) is 1. The van der Waals surface area contributed by atoms with Crippen LogP contribution in [0.15, 0.2) is 29.2 Å². The number of benzene rings is 1. The number of Topliss-reactive ketones (excluding diaryl/α,β-unsaturated/α-hetero) is 1. The van der Waals surface area contributed by atoms with Gasteiger partial charge in [-0.25, -0.2) is 13.1 Å². The average molecular weight is 320 g/mol. The molecule has 0 aliphatic heterocycles. The quantitative estimate of drug-likeness (QED) is 0.761. The number of sulfonamides is 1. The monoisotopic (exact) mass is 319 g/mol. The first-order valence-electron chi connectivity index (χ1n) is 5.71. The summed E-state index contributed by atoms with van der Waals surface area (Å²) in [4.78, 5) is 21.8. The standard InChI is InChI=1S/C12H14ClNO5S/c1-9(15)8-19-12(16)6-7-14-20(17,18)11-4-2-10(13)3-5-11/h2-5,14H,6-8H2,1H3. The second-order valence-corrected chi connectivity index (χ2v) is 6.17. The van der Waals surface area contributed by atoms with Crippen LogP contribution < -0.4 is 4.72 Å². The molecule has 0 bridgehead atoms. The smallest absolute Gasteiger partial charge is 0.307 e. The molecule has 0 saturated heterocycles. The summed E-state index contributed by atoms with van der Waals surface area (Å²) >= 11 is 5.66. The van der Waals surface area contributed by atoms with Gasteiger partial charge in [-0.3, -0.25) is 9.59 Å². The molecule has 0 fully saturated rings. The number of hydrogen-bond donors (Lipinski definition) is 1. The lowest BCUT2D eigenvalue weighted by Gasteiger charge is -2.06. The van der Waals surface area contributed by atoms with E-state index < -0.39 is 16.0 Å². The maximum Gasteiger partial charge on any atom is 0.307 e. The zero-order valence-corrected chi connectivity index (χ0v) is 12.3. The van der Waals surface area contributed by atoms with E-state index >= 15 is 0 Å². The van der Waals surface area contributed by atoms with Gasteiger partial charge in [0.2, 0.25) is 10.0 Å². The second kappa shape index (κ2) is 7.37. The Balaban J connectivity index is 2.46. The molecule has 0 unspecified atom stereocenters. The van der Waals surface area contributed by atoms with Crippen LogP contribution in [0.25, 0.3) is 0 Å². The predicted molar refractivity (Wildman–Crippen MR) is 72.9 cm³/mol. The summed E-state index contributed by atoms with van der Waals surface area (Å²) in [5.41, 5.74) is 0. The van der Waals surface area contributed by atoms with E-state index in [1.54, 1.807) is 0 Å². The molecule has 0 aliphatic carbocycles. The van der Waals surface area contributed by atoms with Gasteiger partial charge in [-0.15, -0.1) is 0 Å². The molecule has 6 nitrogen and oxygen atoms in total. The van der Waals surface area contributed by atoms with E-state index in [2.05, 4.69) is 9.46 Å². The molecule has 0 saturated carbocycles. The van der Waals surface area contributed by atoms with Crippen LogP contribution in [0, 0.1) is 0 Å². The fraction of sp³-hybridized carbons (Fsp3) is 0.333. The third-order valence-corrected chi connectivity index (χ3v) is 3.91. The third kappa shape index (κ3) is 5.68. The van der Waals surface area contributed by atoms with Crippen molar-refractivity contribution >= 4 is 33.4 Å². The molecule has 0 atom stereocenters. The molecule has 110 valence electrons. The van der Waals surface area contributed by atoms with Gasteiger partial charge in [0, 0.05) is 11.6 Å². The van der Waals surface area contributed by atoms with Gasteiger partial charge in [0.15, 0.2) is 5.78 Å². The van der Waals surface area contributed by atoms with Gasteiger partial charge in [0.05, 0.1) is 11.3 Å². The van der Waals surface area contributed by atoms with Crippen LogP contribution in [0.5, 0.6) is 0 Å². The number of ketones is 1. The van der Waals surface area contributed by atoms with E-state index in [4.69, 9.17) is 11.6 Å². The summed E-state index contributed by atoms with van der Waals surface area (Å²) < 4.78 is 30.5. The summed E-state index contributed by atoms with van der Waals surface area (Å²) in [6, 6.07) is 5.63. The summed E-state index contributed by atoms with van der Waals surface area (Å²) in [6.07, 6.45) is -0.153. The number of esters is 1. The fourth-order valence-electron chi connectivity index (χ4n) is 1.24. The highest BCUT2D eigenvalue weighted by Gasteiger charge is 2.14. The topological polar surface area (TPSA) is 89.5 Å². The van der Waals surface area contributed by atoms with Crippen LogP contribution >= 0.6 is 11.6 Å². The lowest BCUT2D eigenvalue weighted by molar-refractivity contribution is -0.147. The first-order chi connectivity index (χ1) is 9.31. The fourth-order valence-corrected chi connectivity index (χ4v) is 2.40. The van der Waals surface area contributed by atoms with Crippen LogP contribution in [0.2, 0.25) is 5.02 Å². The highest BCUT2D eigenvalue weighted by atomic mass is 35.5. The Kier molecular flexibility index (Phi) is 6.12. The lowest BCUT2D eigenvalue weighted by atomic mass is 10.4. The van der Waals surface area contributed by atoms with E-state index in [0.717, 1.165) is 0 Å². The van der Waals surface area contributed by atoms with Gasteiger partial charge in [-0.2, -0.15) is 0 Å². The van der Waals surface area contributed by atoms with Crippen molar-refractivity contribution in [3.63, 3.8) is 0 Å². The maximum absolute atomic E-state index is 11.8. The van der Waals surface area contributed by atoms with Crippen LogP contribution in [-0.2, 0) is 24.3 Å². The predicted octanol–water partition coefficient (Wildman–Crippen LogP) is 1.14. The summed E-state index contributed by atoms with van der Waals surface area (Å²) in [6.45, 7) is 0.876. The molecule has 1 aromatic rings. The lowest BCUT2D eigenvalue weighted by Crippen LogP contribution is -2.27. The molecular weight excluding hydrogens is 306 g/mol. The molecule has 0 radical (unpaired) electrons. The van der Waals surface area contributed by atoms with Crippen molar-refractivity contribution in [3.8, 4) is 0 Å². The minimum atomic E-state index is -3.69. The van der Waals surface area contributed by atoms with E-state index in [9.17, 15) is 18.0 Å². The average Bonchev–Trinajstić information content (AvgIpc) is 2.36.